The van der Waals surface area contributed by atoms with Crippen molar-refractivity contribution in [3.63, 3.8) is 0 Å². The van der Waals surface area contributed by atoms with Crippen LogP contribution >= 0.6 is 27.3 Å². The maximum absolute atomic E-state index is 11.8. The minimum absolute atomic E-state index is 0.125. The molecule has 3 rings (SSSR count). The first-order valence-electron chi connectivity index (χ1n) is 8.59. The number of carboxylic acid groups (broad SMARTS) is 1. The number of carboxylic acids is 1. The maximum Gasteiger partial charge on any atom is 0.320 e. The second-order valence-electron chi connectivity index (χ2n) is 6.12. The van der Waals surface area contributed by atoms with Gasteiger partial charge in [0.05, 0.1) is 23.5 Å². The number of ether oxygens (including phenoxy) is 2. The molecule has 2 unspecified atom stereocenters. The molecule has 1 aliphatic heterocycles. The molecule has 1 aromatic carbocycles. The number of likely N-dealkylation sites (tertiary alicyclic amines) is 1. The second kappa shape index (κ2) is 8.41. The summed E-state index contributed by atoms with van der Waals surface area (Å²) in [5, 5.41) is 9.65. The highest BCUT2D eigenvalue weighted by Crippen LogP contribution is 2.41. The van der Waals surface area contributed by atoms with Gasteiger partial charge >= 0.3 is 5.97 Å². The molecule has 1 aliphatic rings. The Morgan fingerprint density at radius 3 is 2.81 bits per heavy atom. The van der Waals surface area contributed by atoms with Crippen molar-refractivity contribution in [2.45, 2.75) is 31.8 Å². The molecule has 1 aromatic heterocycles. The first-order chi connectivity index (χ1) is 12.5. The molecule has 26 heavy (non-hydrogen) atoms. The standard InChI is InChI=1S/C19H22BrNO4S/c1-3-25-14-7-6-12(11-15(14)24-2)18(16-8-9-17(20)26-16)21-10-4-5-13(21)19(22)23/h6-9,11,13,18H,3-5,10H2,1-2H3,(H,22,23). The summed E-state index contributed by atoms with van der Waals surface area (Å²) < 4.78 is 12.1. The molecule has 0 spiro atoms. The molecule has 2 atom stereocenters. The third kappa shape index (κ3) is 3.89. The van der Waals surface area contributed by atoms with Gasteiger partial charge in [0, 0.05) is 11.4 Å². The monoisotopic (exact) mass is 439 g/mol. The van der Waals surface area contributed by atoms with E-state index in [0.717, 1.165) is 27.2 Å². The summed E-state index contributed by atoms with van der Waals surface area (Å²) in [6, 6.07) is 9.32. The number of nitrogens with zero attached hydrogens (tertiary/aromatic N) is 1. The van der Waals surface area contributed by atoms with Crippen molar-refractivity contribution >= 4 is 33.2 Å². The van der Waals surface area contributed by atoms with Gasteiger partial charge in [-0.25, -0.2) is 0 Å². The van der Waals surface area contributed by atoms with Crippen LogP contribution in [0.4, 0.5) is 0 Å². The van der Waals surface area contributed by atoms with E-state index in [-0.39, 0.29) is 6.04 Å². The molecule has 5 nitrogen and oxygen atoms in total. The molecule has 0 radical (unpaired) electrons. The third-order valence-electron chi connectivity index (χ3n) is 4.58. The quantitative estimate of drug-likeness (QED) is 0.685. The molecule has 7 heteroatoms. The number of hydrogen-bond acceptors (Lipinski definition) is 5. The lowest BCUT2D eigenvalue weighted by molar-refractivity contribution is -0.142. The summed E-state index contributed by atoms with van der Waals surface area (Å²) in [5.74, 6) is 0.595. The van der Waals surface area contributed by atoms with Crippen LogP contribution < -0.4 is 9.47 Å². The van der Waals surface area contributed by atoms with Gasteiger partial charge in [0.15, 0.2) is 11.5 Å². The molecule has 1 saturated heterocycles. The number of benzene rings is 1. The first kappa shape index (κ1) is 19.2. The first-order valence-corrected chi connectivity index (χ1v) is 10.2. The zero-order chi connectivity index (χ0) is 18.7. The van der Waals surface area contributed by atoms with Crippen LogP contribution in [-0.4, -0.2) is 42.3 Å². The molecule has 1 N–H and O–H groups in total. The van der Waals surface area contributed by atoms with E-state index in [4.69, 9.17) is 9.47 Å². The summed E-state index contributed by atoms with van der Waals surface area (Å²) in [5.41, 5.74) is 1.01. The molecule has 2 heterocycles. The number of methoxy groups -OCH3 is 1. The Morgan fingerprint density at radius 2 is 2.19 bits per heavy atom. The summed E-state index contributed by atoms with van der Waals surface area (Å²) in [6.45, 7) is 3.25. The normalized spacial score (nSPS) is 18.7. The number of rotatable bonds is 7. The van der Waals surface area contributed by atoms with Gasteiger partial charge in [-0.05, 0) is 65.5 Å². The van der Waals surface area contributed by atoms with Crippen LogP contribution in [0, 0.1) is 0 Å². The third-order valence-corrected chi connectivity index (χ3v) is 6.25. The van der Waals surface area contributed by atoms with Crippen molar-refractivity contribution in [2.75, 3.05) is 20.3 Å². The highest BCUT2D eigenvalue weighted by molar-refractivity contribution is 9.11. The van der Waals surface area contributed by atoms with Crippen molar-refractivity contribution in [1.29, 1.82) is 0 Å². The van der Waals surface area contributed by atoms with Gasteiger partial charge < -0.3 is 14.6 Å². The van der Waals surface area contributed by atoms with E-state index in [1.54, 1.807) is 18.4 Å². The highest BCUT2D eigenvalue weighted by atomic mass is 79.9. The Balaban J connectivity index is 2.05. The van der Waals surface area contributed by atoms with Crippen LogP contribution in [0.2, 0.25) is 0 Å². The Labute approximate surface area is 165 Å². The Kier molecular flexibility index (Phi) is 6.21. The molecule has 0 amide bonds. The van der Waals surface area contributed by atoms with Gasteiger partial charge in [-0.1, -0.05) is 6.07 Å². The van der Waals surface area contributed by atoms with Gasteiger partial charge in [0.2, 0.25) is 0 Å². The van der Waals surface area contributed by atoms with Gasteiger partial charge in [-0.15, -0.1) is 11.3 Å². The van der Waals surface area contributed by atoms with Crippen molar-refractivity contribution in [2.24, 2.45) is 0 Å². The van der Waals surface area contributed by atoms with Crippen molar-refractivity contribution in [1.82, 2.24) is 4.90 Å². The van der Waals surface area contributed by atoms with Crippen molar-refractivity contribution in [3.05, 3.63) is 44.6 Å². The van der Waals surface area contributed by atoms with Gasteiger partial charge in [-0.3, -0.25) is 9.69 Å². The lowest BCUT2D eigenvalue weighted by Gasteiger charge is -2.31. The minimum Gasteiger partial charge on any atom is -0.493 e. The van der Waals surface area contributed by atoms with E-state index in [0.29, 0.717) is 24.5 Å². The SMILES string of the molecule is CCOc1ccc(C(c2ccc(Br)s2)N2CCCC2C(=O)O)cc1OC. The van der Waals surface area contributed by atoms with Crippen LogP contribution in [0.15, 0.2) is 34.1 Å². The fraction of sp³-hybridized carbons (Fsp3) is 0.421. The molecule has 0 aliphatic carbocycles. The average Bonchev–Trinajstić information content (AvgIpc) is 3.26. The number of thiophene rings is 1. The zero-order valence-electron chi connectivity index (χ0n) is 14.8. The largest absolute Gasteiger partial charge is 0.493 e. The summed E-state index contributed by atoms with van der Waals surface area (Å²) in [4.78, 5) is 14.9. The van der Waals surface area contributed by atoms with Crippen molar-refractivity contribution < 1.29 is 19.4 Å². The van der Waals surface area contributed by atoms with Crippen LogP contribution in [0.3, 0.4) is 0 Å². The second-order valence-corrected chi connectivity index (χ2v) is 8.62. The van der Waals surface area contributed by atoms with E-state index in [1.807, 2.05) is 31.2 Å². The fourth-order valence-electron chi connectivity index (χ4n) is 3.49. The van der Waals surface area contributed by atoms with Gasteiger partial charge in [0.25, 0.3) is 0 Å². The number of halogens is 1. The van der Waals surface area contributed by atoms with E-state index >= 15 is 0 Å². The topological polar surface area (TPSA) is 59.0 Å². The highest BCUT2D eigenvalue weighted by Gasteiger charge is 2.37. The summed E-state index contributed by atoms with van der Waals surface area (Å²) >= 11 is 5.15. The number of hydrogen-bond donors (Lipinski definition) is 1. The molecule has 0 bridgehead atoms. The summed E-state index contributed by atoms with van der Waals surface area (Å²) in [7, 11) is 1.62. The van der Waals surface area contributed by atoms with E-state index in [9.17, 15) is 9.90 Å². The molecule has 0 saturated carbocycles. The molecular weight excluding hydrogens is 418 g/mol. The Bertz CT molecular complexity index is 779. The smallest absolute Gasteiger partial charge is 0.320 e. The Morgan fingerprint density at radius 1 is 1.38 bits per heavy atom. The van der Waals surface area contributed by atoms with Gasteiger partial charge in [-0.2, -0.15) is 0 Å². The minimum atomic E-state index is -0.763. The predicted molar refractivity (Wildman–Crippen MR) is 105 cm³/mol. The van der Waals surface area contributed by atoms with Crippen LogP contribution in [0.25, 0.3) is 0 Å². The lowest BCUT2D eigenvalue weighted by Crippen LogP contribution is -2.39. The molecular formula is C19H22BrNO4S. The van der Waals surface area contributed by atoms with E-state index in [2.05, 4.69) is 26.9 Å². The van der Waals surface area contributed by atoms with Crippen LogP contribution in [0.1, 0.15) is 36.2 Å². The van der Waals surface area contributed by atoms with Crippen LogP contribution in [-0.2, 0) is 4.79 Å². The fourth-order valence-corrected chi connectivity index (χ4v) is 5.06. The zero-order valence-corrected chi connectivity index (χ0v) is 17.2. The van der Waals surface area contributed by atoms with E-state index in [1.165, 1.54) is 0 Å². The summed E-state index contributed by atoms with van der Waals surface area (Å²) in [6.07, 6.45) is 1.56. The number of carbonyl (C=O) groups is 1. The van der Waals surface area contributed by atoms with Gasteiger partial charge in [0.1, 0.15) is 6.04 Å². The van der Waals surface area contributed by atoms with E-state index < -0.39 is 12.0 Å². The lowest BCUT2D eigenvalue weighted by atomic mass is 10.0. The predicted octanol–water partition coefficient (Wildman–Crippen LogP) is 4.56. The maximum atomic E-state index is 11.8. The van der Waals surface area contributed by atoms with Crippen molar-refractivity contribution in [3.8, 4) is 11.5 Å². The number of aliphatic carboxylic acids is 1. The average molecular weight is 440 g/mol. The Hall–Kier alpha value is -1.57. The molecule has 140 valence electrons. The molecule has 2 aromatic rings. The van der Waals surface area contributed by atoms with Crippen LogP contribution in [0.5, 0.6) is 11.5 Å². The molecule has 1 fully saturated rings.